The van der Waals surface area contributed by atoms with E-state index in [0.717, 1.165) is 18.9 Å². The van der Waals surface area contributed by atoms with E-state index in [1.54, 1.807) is 20.9 Å². The zero-order valence-electron chi connectivity index (χ0n) is 15.4. The van der Waals surface area contributed by atoms with Gasteiger partial charge < -0.3 is 10.2 Å². The first-order valence-corrected chi connectivity index (χ1v) is 10.4. The van der Waals surface area contributed by atoms with Gasteiger partial charge in [-0.2, -0.15) is 0 Å². The van der Waals surface area contributed by atoms with Crippen LogP contribution in [0.3, 0.4) is 0 Å². The normalized spacial score (nSPS) is 25.2. The predicted octanol–water partition coefficient (Wildman–Crippen LogP) is 1.56. The summed E-state index contributed by atoms with van der Waals surface area (Å²) in [7, 11) is -1.24. The van der Waals surface area contributed by atoms with Crippen LogP contribution in [-0.2, 0) is 9.84 Å². The molecule has 8 heteroatoms. The fourth-order valence-electron chi connectivity index (χ4n) is 3.50. The molecule has 1 atom stereocenters. The van der Waals surface area contributed by atoms with Crippen molar-refractivity contribution in [3.63, 3.8) is 0 Å². The minimum absolute atomic E-state index is 0. The molecule has 24 heavy (non-hydrogen) atoms. The van der Waals surface area contributed by atoms with Crippen molar-refractivity contribution >= 4 is 39.8 Å². The molecule has 0 saturated carbocycles. The second-order valence-corrected chi connectivity index (χ2v) is 9.98. The molecule has 0 radical (unpaired) electrons. The van der Waals surface area contributed by atoms with E-state index < -0.39 is 14.6 Å². The maximum atomic E-state index is 12.2. The average Bonchev–Trinajstić information content (AvgIpc) is 3.01. The van der Waals surface area contributed by atoms with E-state index in [1.165, 1.54) is 25.9 Å². The molecule has 2 fully saturated rings. The van der Waals surface area contributed by atoms with Crippen LogP contribution in [0.2, 0.25) is 0 Å². The Balaban J connectivity index is 0.00000288. The van der Waals surface area contributed by atoms with E-state index in [9.17, 15) is 8.42 Å². The van der Waals surface area contributed by atoms with E-state index in [1.807, 2.05) is 0 Å². The van der Waals surface area contributed by atoms with Gasteiger partial charge >= 0.3 is 0 Å². The average molecular weight is 472 g/mol. The predicted molar refractivity (Wildman–Crippen MR) is 111 cm³/mol. The van der Waals surface area contributed by atoms with E-state index in [-0.39, 0.29) is 29.7 Å². The fraction of sp³-hybridized carbons (Fsp3) is 0.938. The number of nitrogens with zero attached hydrogens (tertiary/aromatic N) is 3. The van der Waals surface area contributed by atoms with Crippen LogP contribution in [0.5, 0.6) is 0 Å². The van der Waals surface area contributed by atoms with Crippen LogP contribution in [0.1, 0.15) is 40.0 Å². The third-order valence-corrected chi connectivity index (χ3v) is 7.71. The van der Waals surface area contributed by atoms with Gasteiger partial charge in [0.2, 0.25) is 0 Å². The molecule has 2 aliphatic rings. The molecule has 0 aliphatic carbocycles. The minimum atomic E-state index is -3.02. The molecule has 2 saturated heterocycles. The first-order valence-electron chi connectivity index (χ1n) is 8.72. The summed E-state index contributed by atoms with van der Waals surface area (Å²) in [5.74, 6) is 1.02. The number of nitrogens with one attached hydrogen (secondary N) is 1. The van der Waals surface area contributed by atoms with Crippen LogP contribution in [0.4, 0.5) is 0 Å². The lowest BCUT2D eigenvalue weighted by Gasteiger charge is -2.39. The fourth-order valence-corrected chi connectivity index (χ4v) is 4.87. The molecule has 0 spiro atoms. The largest absolute Gasteiger partial charge is 0.355 e. The Morgan fingerprint density at radius 2 is 1.88 bits per heavy atom. The van der Waals surface area contributed by atoms with Gasteiger partial charge in [0.05, 0.1) is 10.5 Å². The zero-order valence-corrected chi connectivity index (χ0v) is 18.6. The highest BCUT2D eigenvalue weighted by atomic mass is 127. The molecule has 142 valence electrons. The highest BCUT2D eigenvalue weighted by Gasteiger charge is 2.41. The molecule has 1 N–H and O–H groups in total. The Morgan fingerprint density at radius 1 is 1.25 bits per heavy atom. The molecule has 6 nitrogen and oxygen atoms in total. The molecule has 0 aromatic carbocycles. The van der Waals surface area contributed by atoms with Gasteiger partial charge in [0, 0.05) is 32.7 Å². The monoisotopic (exact) mass is 472 g/mol. The summed E-state index contributed by atoms with van der Waals surface area (Å²) in [6.07, 6.45) is 3.71. The van der Waals surface area contributed by atoms with Crippen molar-refractivity contribution in [1.82, 2.24) is 15.1 Å². The lowest BCUT2D eigenvalue weighted by molar-refractivity contribution is 0.233. The summed E-state index contributed by atoms with van der Waals surface area (Å²) in [4.78, 5) is 9.00. The maximum Gasteiger partial charge on any atom is 0.193 e. The molecular formula is C16H33IN4O2S. The Hall–Kier alpha value is -0.0900. The standard InChI is InChI=1S/C16H32N4O2S.HI/c1-5-14(19-8-6-7-9-19)12-18-15(17-4)20-10-11-23(21,22)16(2,3)13-20;/h14H,5-13H2,1-4H3,(H,17,18);1H. The molecule has 0 bridgehead atoms. The van der Waals surface area contributed by atoms with Crippen molar-refractivity contribution in [2.45, 2.75) is 50.8 Å². The maximum absolute atomic E-state index is 12.2. The van der Waals surface area contributed by atoms with Crippen LogP contribution in [0, 0.1) is 0 Å². The summed E-state index contributed by atoms with van der Waals surface area (Å²) in [5.41, 5.74) is 0. The van der Waals surface area contributed by atoms with E-state index in [2.05, 4.69) is 27.0 Å². The van der Waals surface area contributed by atoms with Crippen molar-refractivity contribution in [2.24, 2.45) is 4.99 Å². The molecule has 2 heterocycles. The van der Waals surface area contributed by atoms with Crippen LogP contribution in [0.15, 0.2) is 4.99 Å². The SMILES string of the molecule is CCC(CNC(=NC)N1CCS(=O)(=O)C(C)(C)C1)N1CCCC1.I. The van der Waals surface area contributed by atoms with Gasteiger partial charge in [0.1, 0.15) is 0 Å². The van der Waals surface area contributed by atoms with Gasteiger partial charge in [-0.05, 0) is 46.2 Å². The van der Waals surface area contributed by atoms with Gasteiger partial charge in [-0.1, -0.05) is 6.92 Å². The molecule has 0 aromatic rings. The Bertz CT molecular complexity index is 530. The van der Waals surface area contributed by atoms with Crippen molar-refractivity contribution in [2.75, 3.05) is 45.5 Å². The van der Waals surface area contributed by atoms with E-state index >= 15 is 0 Å². The summed E-state index contributed by atoms with van der Waals surface area (Å²) in [5, 5.41) is 3.47. The molecule has 0 amide bonds. The van der Waals surface area contributed by atoms with E-state index in [4.69, 9.17) is 0 Å². The highest BCUT2D eigenvalue weighted by molar-refractivity contribution is 14.0. The number of likely N-dealkylation sites (tertiary alicyclic amines) is 1. The number of halogens is 1. The van der Waals surface area contributed by atoms with Crippen molar-refractivity contribution in [3.05, 3.63) is 0 Å². The van der Waals surface area contributed by atoms with Gasteiger partial charge in [-0.15, -0.1) is 24.0 Å². The van der Waals surface area contributed by atoms with Crippen molar-refractivity contribution < 1.29 is 8.42 Å². The number of hydrogen-bond acceptors (Lipinski definition) is 4. The zero-order chi connectivity index (χ0) is 17.1. The topological polar surface area (TPSA) is 65.0 Å². The molecule has 1 unspecified atom stereocenters. The van der Waals surface area contributed by atoms with Crippen LogP contribution < -0.4 is 5.32 Å². The molecule has 0 aromatic heterocycles. The molecule has 2 aliphatic heterocycles. The first kappa shape index (κ1) is 22.0. The summed E-state index contributed by atoms with van der Waals surface area (Å²) in [6.45, 7) is 10.1. The number of aliphatic imine (C=N–C) groups is 1. The highest BCUT2D eigenvalue weighted by Crippen LogP contribution is 2.23. The van der Waals surface area contributed by atoms with Gasteiger partial charge in [0.25, 0.3) is 0 Å². The lowest BCUT2D eigenvalue weighted by Crippen LogP contribution is -2.58. The van der Waals surface area contributed by atoms with Crippen LogP contribution in [0.25, 0.3) is 0 Å². The number of rotatable bonds is 4. The first-order chi connectivity index (χ1) is 10.8. The smallest absolute Gasteiger partial charge is 0.193 e. The third-order valence-electron chi connectivity index (χ3n) is 5.18. The summed E-state index contributed by atoms with van der Waals surface area (Å²) >= 11 is 0. The molecule has 2 rings (SSSR count). The number of guanidine groups is 1. The Morgan fingerprint density at radius 3 is 2.38 bits per heavy atom. The van der Waals surface area contributed by atoms with Crippen LogP contribution in [-0.4, -0.2) is 80.5 Å². The van der Waals surface area contributed by atoms with Crippen LogP contribution >= 0.6 is 24.0 Å². The number of hydrogen-bond donors (Lipinski definition) is 1. The minimum Gasteiger partial charge on any atom is -0.355 e. The van der Waals surface area contributed by atoms with Crippen molar-refractivity contribution in [3.8, 4) is 0 Å². The molecular weight excluding hydrogens is 439 g/mol. The second kappa shape index (κ2) is 9.02. The third kappa shape index (κ3) is 4.97. The van der Waals surface area contributed by atoms with Gasteiger partial charge in [-0.3, -0.25) is 9.89 Å². The Labute approximate surface area is 164 Å². The van der Waals surface area contributed by atoms with Gasteiger partial charge in [0.15, 0.2) is 15.8 Å². The summed E-state index contributed by atoms with van der Waals surface area (Å²) < 4.78 is 23.6. The quantitative estimate of drug-likeness (QED) is 0.382. The number of sulfone groups is 1. The summed E-state index contributed by atoms with van der Waals surface area (Å²) in [6, 6.07) is 0.524. The Kier molecular flexibility index (Phi) is 8.25. The van der Waals surface area contributed by atoms with Gasteiger partial charge in [-0.25, -0.2) is 8.42 Å². The van der Waals surface area contributed by atoms with E-state index in [0.29, 0.717) is 19.1 Å². The second-order valence-electron chi connectivity index (χ2n) is 7.23. The van der Waals surface area contributed by atoms with Crippen molar-refractivity contribution in [1.29, 1.82) is 0 Å². The lowest BCUT2D eigenvalue weighted by atomic mass is 10.2.